The van der Waals surface area contributed by atoms with Gasteiger partial charge in [-0.25, -0.2) is 4.99 Å². The highest BCUT2D eigenvalue weighted by Gasteiger charge is 2.00. The summed E-state index contributed by atoms with van der Waals surface area (Å²) in [6.07, 6.45) is 1.77. The molecule has 4 nitrogen and oxygen atoms in total. The van der Waals surface area contributed by atoms with Crippen molar-refractivity contribution < 1.29 is 0 Å². The molecule has 3 N–H and O–H groups in total. The van der Waals surface area contributed by atoms with Gasteiger partial charge >= 0.3 is 0 Å². The van der Waals surface area contributed by atoms with Gasteiger partial charge in [0, 0.05) is 11.9 Å². The van der Waals surface area contributed by atoms with E-state index < -0.39 is 0 Å². The summed E-state index contributed by atoms with van der Waals surface area (Å²) in [6.45, 7) is 6.66. The number of anilines is 1. The highest BCUT2D eigenvalue weighted by atomic mass is 127. The molecule has 0 bridgehead atoms. The van der Waals surface area contributed by atoms with Crippen molar-refractivity contribution in [1.82, 2.24) is 4.98 Å². The number of aliphatic imine (C=N–C) groups is 1. The normalized spacial score (nSPS) is 10.9. The molecule has 2 rings (SSSR count). The van der Waals surface area contributed by atoms with E-state index in [0.717, 1.165) is 16.9 Å². The molecule has 1 aromatic carbocycles. The van der Waals surface area contributed by atoms with Gasteiger partial charge in [-0.3, -0.25) is 4.98 Å². The highest BCUT2D eigenvalue weighted by molar-refractivity contribution is 14.0. The maximum absolute atomic E-state index is 5.90. The van der Waals surface area contributed by atoms with Gasteiger partial charge in [0.25, 0.3) is 0 Å². The molecule has 0 saturated carbocycles. The van der Waals surface area contributed by atoms with Crippen LogP contribution in [0.1, 0.15) is 22.4 Å². The van der Waals surface area contributed by atoms with Crippen LogP contribution in [0.2, 0.25) is 0 Å². The maximum Gasteiger partial charge on any atom is 0.193 e. The maximum atomic E-state index is 5.90. The predicted octanol–water partition coefficient (Wildman–Crippen LogP) is 3.55. The number of benzene rings is 1. The fourth-order valence-electron chi connectivity index (χ4n) is 1.85. The predicted molar refractivity (Wildman–Crippen MR) is 99.3 cm³/mol. The topological polar surface area (TPSA) is 63.3 Å². The van der Waals surface area contributed by atoms with Crippen LogP contribution in [0.25, 0.3) is 0 Å². The second-order valence-electron chi connectivity index (χ2n) is 4.89. The minimum Gasteiger partial charge on any atom is -0.370 e. The number of rotatable bonds is 3. The van der Waals surface area contributed by atoms with E-state index in [1.807, 2.05) is 25.1 Å². The van der Waals surface area contributed by atoms with Gasteiger partial charge in [0.15, 0.2) is 5.96 Å². The molecule has 1 heterocycles. The Labute approximate surface area is 142 Å². The van der Waals surface area contributed by atoms with Crippen LogP contribution in [0.15, 0.2) is 41.5 Å². The molecule has 1 aromatic heterocycles. The minimum atomic E-state index is 0. The molecule has 0 aliphatic carbocycles. The molecular formula is C16H21IN4. The van der Waals surface area contributed by atoms with Crippen molar-refractivity contribution in [1.29, 1.82) is 0 Å². The van der Waals surface area contributed by atoms with Crippen molar-refractivity contribution in [3.8, 4) is 0 Å². The van der Waals surface area contributed by atoms with Gasteiger partial charge in [0.05, 0.1) is 12.2 Å². The van der Waals surface area contributed by atoms with E-state index in [4.69, 9.17) is 5.73 Å². The van der Waals surface area contributed by atoms with Crippen LogP contribution in [-0.4, -0.2) is 10.9 Å². The number of hydrogen-bond acceptors (Lipinski definition) is 2. The van der Waals surface area contributed by atoms with Gasteiger partial charge in [0.2, 0.25) is 0 Å². The van der Waals surface area contributed by atoms with Gasteiger partial charge in [0.1, 0.15) is 0 Å². The zero-order valence-corrected chi connectivity index (χ0v) is 14.9. The second-order valence-corrected chi connectivity index (χ2v) is 4.89. The monoisotopic (exact) mass is 396 g/mol. The Morgan fingerprint density at radius 1 is 1.14 bits per heavy atom. The first-order chi connectivity index (χ1) is 9.56. The molecule has 0 saturated heterocycles. The molecule has 0 spiro atoms. The lowest BCUT2D eigenvalue weighted by atomic mass is 10.1. The number of aromatic nitrogens is 1. The average Bonchev–Trinajstić information content (AvgIpc) is 2.42. The molecule has 2 aromatic rings. The van der Waals surface area contributed by atoms with E-state index in [0.29, 0.717) is 12.5 Å². The molecule has 0 fully saturated rings. The Morgan fingerprint density at radius 2 is 1.90 bits per heavy atom. The van der Waals surface area contributed by atoms with Gasteiger partial charge in [-0.05, 0) is 55.7 Å². The molecule has 0 radical (unpaired) electrons. The van der Waals surface area contributed by atoms with Crippen molar-refractivity contribution >= 4 is 35.6 Å². The van der Waals surface area contributed by atoms with Crippen LogP contribution in [0.3, 0.4) is 0 Å². The number of halogens is 1. The van der Waals surface area contributed by atoms with Crippen LogP contribution in [0, 0.1) is 20.8 Å². The lowest BCUT2D eigenvalue weighted by Gasteiger charge is -2.08. The summed E-state index contributed by atoms with van der Waals surface area (Å²) in [4.78, 5) is 8.62. The van der Waals surface area contributed by atoms with Crippen molar-refractivity contribution in [2.24, 2.45) is 10.7 Å². The average molecular weight is 396 g/mol. The van der Waals surface area contributed by atoms with E-state index in [1.54, 1.807) is 6.20 Å². The Morgan fingerprint density at radius 3 is 2.57 bits per heavy atom. The minimum absolute atomic E-state index is 0. The van der Waals surface area contributed by atoms with Gasteiger partial charge in [-0.15, -0.1) is 24.0 Å². The Bertz CT molecular complexity index is 638. The third kappa shape index (κ3) is 5.00. The summed E-state index contributed by atoms with van der Waals surface area (Å²) in [5.74, 6) is 0.401. The first-order valence-electron chi connectivity index (χ1n) is 6.61. The first kappa shape index (κ1) is 17.4. The fraction of sp³-hybridized carbons (Fsp3) is 0.250. The molecular weight excluding hydrogens is 375 g/mol. The zero-order valence-electron chi connectivity index (χ0n) is 12.6. The highest BCUT2D eigenvalue weighted by Crippen LogP contribution is 2.13. The quantitative estimate of drug-likeness (QED) is 0.474. The van der Waals surface area contributed by atoms with Gasteiger partial charge in [-0.1, -0.05) is 12.1 Å². The Balaban J connectivity index is 0.00000220. The van der Waals surface area contributed by atoms with E-state index in [9.17, 15) is 0 Å². The molecule has 21 heavy (non-hydrogen) atoms. The molecule has 0 atom stereocenters. The van der Waals surface area contributed by atoms with E-state index in [1.165, 1.54) is 11.1 Å². The summed E-state index contributed by atoms with van der Waals surface area (Å²) >= 11 is 0. The molecule has 0 amide bonds. The first-order valence-corrected chi connectivity index (χ1v) is 6.61. The molecule has 112 valence electrons. The smallest absolute Gasteiger partial charge is 0.193 e. The third-order valence-electron chi connectivity index (χ3n) is 3.30. The van der Waals surface area contributed by atoms with Crippen molar-refractivity contribution in [3.63, 3.8) is 0 Å². The number of pyridine rings is 1. The standard InChI is InChI=1S/C16H20N4.HI/c1-11-6-7-14(9-13(11)3)20-16(17)19-10-15-12(2)5-4-8-18-15;/h4-9H,10H2,1-3H3,(H3,17,19,20);1H. The van der Waals surface area contributed by atoms with Gasteiger partial charge in [-0.2, -0.15) is 0 Å². The molecule has 0 aliphatic rings. The zero-order chi connectivity index (χ0) is 14.5. The lowest BCUT2D eigenvalue weighted by Crippen LogP contribution is -2.22. The van der Waals surface area contributed by atoms with Crippen LogP contribution in [0.4, 0.5) is 5.69 Å². The summed E-state index contributed by atoms with van der Waals surface area (Å²) in [5, 5.41) is 3.10. The van der Waals surface area contributed by atoms with E-state index in [-0.39, 0.29) is 24.0 Å². The molecule has 0 aliphatic heterocycles. The fourth-order valence-corrected chi connectivity index (χ4v) is 1.85. The van der Waals surface area contributed by atoms with Crippen LogP contribution < -0.4 is 11.1 Å². The number of nitrogens with one attached hydrogen (secondary N) is 1. The molecule has 0 unspecified atom stereocenters. The Kier molecular flexibility index (Phi) is 6.61. The second kappa shape index (κ2) is 7.97. The summed E-state index contributed by atoms with van der Waals surface area (Å²) in [6, 6.07) is 10.1. The van der Waals surface area contributed by atoms with Crippen LogP contribution >= 0.6 is 24.0 Å². The lowest BCUT2D eigenvalue weighted by molar-refractivity contribution is 0.964. The van der Waals surface area contributed by atoms with Crippen LogP contribution in [-0.2, 0) is 6.54 Å². The number of hydrogen-bond donors (Lipinski definition) is 2. The third-order valence-corrected chi connectivity index (χ3v) is 3.30. The number of nitrogens with two attached hydrogens (primary N) is 1. The summed E-state index contributed by atoms with van der Waals surface area (Å²) < 4.78 is 0. The van der Waals surface area contributed by atoms with E-state index >= 15 is 0 Å². The van der Waals surface area contributed by atoms with Gasteiger partial charge < -0.3 is 11.1 Å². The van der Waals surface area contributed by atoms with E-state index in [2.05, 4.69) is 41.3 Å². The van der Waals surface area contributed by atoms with Crippen molar-refractivity contribution in [2.75, 3.05) is 5.32 Å². The summed E-state index contributed by atoms with van der Waals surface area (Å²) in [5.41, 5.74) is 11.4. The number of aryl methyl sites for hydroxylation is 3. The molecule has 5 heteroatoms. The Hall–Kier alpha value is -1.63. The largest absolute Gasteiger partial charge is 0.370 e. The van der Waals surface area contributed by atoms with Crippen molar-refractivity contribution in [3.05, 3.63) is 58.9 Å². The summed E-state index contributed by atoms with van der Waals surface area (Å²) in [7, 11) is 0. The van der Waals surface area contributed by atoms with Crippen LogP contribution in [0.5, 0.6) is 0 Å². The number of nitrogens with zero attached hydrogens (tertiary/aromatic N) is 2. The SMILES string of the molecule is Cc1ccc(NC(N)=NCc2ncccc2C)cc1C.I. The number of guanidine groups is 1. The van der Waals surface area contributed by atoms with Crippen molar-refractivity contribution in [2.45, 2.75) is 27.3 Å².